The number of pyridine rings is 1. The number of hydrogen-bond donors (Lipinski definition) is 1. The lowest BCUT2D eigenvalue weighted by molar-refractivity contribution is 0.247. The van der Waals surface area contributed by atoms with E-state index in [1.165, 1.54) is 6.07 Å². The predicted octanol–water partition coefficient (Wildman–Crippen LogP) is 2.13. The van der Waals surface area contributed by atoms with E-state index in [1.807, 2.05) is 24.3 Å². The van der Waals surface area contributed by atoms with Gasteiger partial charge in [-0.25, -0.2) is 4.39 Å². The first-order valence-corrected chi connectivity index (χ1v) is 7.15. The highest BCUT2D eigenvalue weighted by molar-refractivity contribution is 5.48. The highest BCUT2D eigenvalue weighted by Gasteiger charge is 2.19. The quantitative estimate of drug-likeness (QED) is 0.939. The van der Waals surface area contributed by atoms with E-state index in [9.17, 15) is 4.39 Å². The normalized spacial score (nSPS) is 16.1. The lowest BCUT2D eigenvalue weighted by Crippen LogP contribution is -2.46. The van der Waals surface area contributed by atoms with Crippen LogP contribution in [0, 0.1) is 5.82 Å². The van der Waals surface area contributed by atoms with E-state index in [-0.39, 0.29) is 5.82 Å². The van der Waals surface area contributed by atoms with Crippen LogP contribution in [-0.4, -0.2) is 36.1 Å². The molecule has 0 atom stereocenters. The van der Waals surface area contributed by atoms with Crippen LogP contribution >= 0.6 is 0 Å². The van der Waals surface area contributed by atoms with Crippen LogP contribution in [0.4, 0.5) is 15.8 Å². The molecule has 2 heterocycles. The van der Waals surface area contributed by atoms with Gasteiger partial charge in [-0.3, -0.25) is 9.88 Å². The predicted molar refractivity (Wildman–Crippen MR) is 82.5 cm³/mol. The van der Waals surface area contributed by atoms with E-state index in [4.69, 9.17) is 5.73 Å². The molecule has 0 saturated carbocycles. The molecule has 0 amide bonds. The van der Waals surface area contributed by atoms with E-state index in [0.717, 1.165) is 44.1 Å². The van der Waals surface area contributed by atoms with Crippen molar-refractivity contribution in [2.75, 3.05) is 36.8 Å². The van der Waals surface area contributed by atoms with Crippen LogP contribution in [0.5, 0.6) is 0 Å². The van der Waals surface area contributed by atoms with Gasteiger partial charge in [-0.05, 0) is 24.3 Å². The first kappa shape index (κ1) is 13.8. The molecular weight excluding hydrogens is 267 g/mol. The smallest absolute Gasteiger partial charge is 0.146 e. The topological polar surface area (TPSA) is 45.4 Å². The molecule has 0 bridgehead atoms. The van der Waals surface area contributed by atoms with Gasteiger partial charge in [-0.2, -0.15) is 0 Å². The summed E-state index contributed by atoms with van der Waals surface area (Å²) in [7, 11) is 0. The molecule has 0 spiro atoms. The van der Waals surface area contributed by atoms with Crippen molar-refractivity contribution in [2.24, 2.45) is 0 Å². The Kier molecular flexibility index (Phi) is 4.01. The maximum absolute atomic E-state index is 13.8. The lowest BCUT2D eigenvalue weighted by Gasteiger charge is -2.36. The SMILES string of the molecule is Nc1cccnc1CN1CCN(c2ccccc2F)CC1. The van der Waals surface area contributed by atoms with Crippen LogP contribution in [0.25, 0.3) is 0 Å². The van der Waals surface area contributed by atoms with Gasteiger partial charge in [0.2, 0.25) is 0 Å². The van der Waals surface area contributed by atoms with Gasteiger partial charge in [0.1, 0.15) is 5.82 Å². The molecule has 2 N–H and O–H groups in total. The zero-order chi connectivity index (χ0) is 14.7. The first-order valence-electron chi connectivity index (χ1n) is 7.15. The molecule has 0 aliphatic carbocycles. The molecule has 110 valence electrons. The minimum atomic E-state index is -0.153. The zero-order valence-electron chi connectivity index (χ0n) is 11.9. The summed E-state index contributed by atoms with van der Waals surface area (Å²) in [6, 6.07) is 10.7. The van der Waals surface area contributed by atoms with Gasteiger partial charge >= 0.3 is 0 Å². The van der Waals surface area contributed by atoms with Crippen LogP contribution in [-0.2, 0) is 6.54 Å². The van der Waals surface area contributed by atoms with Gasteiger partial charge in [-0.15, -0.1) is 0 Å². The Labute approximate surface area is 124 Å². The molecule has 1 aromatic carbocycles. The number of hydrogen-bond acceptors (Lipinski definition) is 4. The van der Waals surface area contributed by atoms with Crippen molar-refractivity contribution < 1.29 is 4.39 Å². The number of anilines is 2. The fourth-order valence-electron chi connectivity index (χ4n) is 2.65. The average molecular weight is 286 g/mol. The summed E-state index contributed by atoms with van der Waals surface area (Å²) in [4.78, 5) is 8.72. The van der Waals surface area contributed by atoms with Gasteiger partial charge < -0.3 is 10.6 Å². The second kappa shape index (κ2) is 6.10. The number of benzene rings is 1. The van der Waals surface area contributed by atoms with Crippen molar-refractivity contribution in [2.45, 2.75) is 6.54 Å². The highest BCUT2D eigenvalue weighted by Crippen LogP contribution is 2.21. The third-order valence-corrected chi connectivity index (χ3v) is 3.86. The van der Waals surface area contributed by atoms with Crippen LogP contribution in [0.1, 0.15) is 5.69 Å². The number of nitrogens with two attached hydrogens (primary N) is 1. The molecule has 21 heavy (non-hydrogen) atoms. The van der Waals surface area contributed by atoms with Crippen molar-refractivity contribution >= 4 is 11.4 Å². The summed E-state index contributed by atoms with van der Waals surface area (Å²) < 4.78 is 13.8. The van der Waals surface area contributed by atoms with Crippen LogP contribution in [0.15, 0.2) is 42.6 Å². The largest absolute Gasteiger partial charge is 0.397 e. The Balaban J connectivity index is 1.61. The fraction of sp³-hybridized carbons (Fsp3) is 0.312. The number of piperazine rings is 1. The Morgan fingerprint density at radius 2 is 1.81 bits per heavy atom. The summed E-state index contributed by atoms with van der Waals surface area (Å²) in [6.07, 6.45) is 1.77. The summed E-state index contributed by atoms with van der Waals surface area (Å²) in [5, 5.41) is 0. The number of nitrogens with zero attached hydrogens (tertiary/aromatic N) is 3. The van der Waals surface area contributed by atoms with Gasteiger partial charge in [0.25, 0.3) is 0 Å². The van der Waals surface area contributed by atoms with Crippen molar-refractivity contribution in [3.63, 3.8) is 0 Å². The summed E-state index contributed by atoms with van der Waals surface area (Å²) in [6.45, 7) is 4.13. The van der Waals surface area contributed by atoms with E-state index in [2.05, 4.69) is 14.8 Å². The number of halogens is 1. The van der Waals surface area contributed by atoms with Crippen molar-refractivity contribution in [1.29, 1.82) is 0 Å². The highest BCUT2D eigenvalue weighted by atomic mass is 19.1. The third kappa shape index (κ3) is 3.13. The van der Waals surface area contributed by atoms with Crippen LogP contribution in [0.2, 0.25) is 0 Å². The van der Waals surface area contributed by atoms with Gasteiger partial charge in [-0.1, -0.05) is 12.1 Å². The maximum Gasteiger partial charge on any atom is 0.146 e. The monoisotopic (exact) mass is 286 g/mol. The molecule has 1 aliphatic heterocycles. The fourth-order valence-corrected chi connectivity index (χ4v) is 2.65. The maximum atomic E-state index is 13.8. The van der Waals surface area contributed by atoms with Crippen molar-refractivity contribution in [1.82, 2.24) is 9.88 Å². The second-order valence-corrected chi connectivity index (χ2v) is 5.25. The summed E-state index contributed by atoms with van der Waals surface area (Å²) in [5.41, 5.74) is 8.26. The molecule has 2 aromatic rings. The van der Waals surface area contributed by atoms with E-state index in [0.29, 0.717) is 5.69 Å². The Morgan fingerprint density at radius 3 is 2.52 bits per heavy atom. The minimum Gasteiger partial charge on any atom is -0.397 e. The summed E-state index contributed by atoms with van der Waals surface area (Å²) in [5.74, 6) is -0.153. The Bertz CT molecular complexity index is 609. The molecule has 5 heteroatoms. The van der Waals surface area contributed by atoms with Crippen molar-refractivity contribution in [3.05, 3.63) is 54.1 Å². The van der Waals surface area contributed by atoms with Crippen LogP contribution < -0.4 is 10.6 Å². The molecule has 0 radical (unpaired) electrons. The first-order chi connectivity index (χ1) is 10.2. The molecule has 1 saturated heterocycles. The molecule has 3 rings (SSSR count). The van der Waals surface area contributed by atoms with Crippen molar-refractivity contribution in [3.8, 4) is 0 Å². The van der Waals surface area contributed by atoms with Gasteiger partial charge in [0.15, 0.2) is 0 Å². The molecule has 1 aliphatic rings. The lowest BCUT2D eigenvalue weighted by atomic mass is 10.2. The molecular formula is C16H19FN4. The van der Waals surface area contributed by atoms with Gasteiger partial charge in [0.05, 0.1) is 17.1 Å². The minimum absolute atomic E-state index is 0.153. The molecule has 1 fully saturated rings. The average Bonchev–Trinajstić information content (AvgIpc) is 2.51. The standard InChI is InChI=1S/C16H19FN4/c17-13-4-1-2-6-16(13)21-10-8-20(9-11-21)12-15-14(18)5-3-7-19-15/h1-7H,8-12,18H2. The summed E-state index contributed by atoms with van der Waals surface area (Å²) >= 11 is 0. The zero-order valence-corrected chi connectivity index (χ0v) is 11.9. The van der Waals surface area contributed by atoms with Gasteiger partial charge in [0, 0.05) is 38.9 Å². The second-order valence-electron chi connectivity index (χ2n) is 5.25. The molecule has 0 unspecified atom stereocenters. The van der Waals surface area contributed by atoms with E-state index < -0.39 is 0 Å². The number of rotatable bonds is 3. The molecule has 4 nitrogen and oxygen atoms in total. The van der Waals surface area contributed by atoms with E-state index >= 15 is 0 Å². The number of para-hydroxylation sites is 1. The molecule has 1 aromatic heterocycles. The number of nitrogen functional groups attached to an aromatic ring is 1. The Hall–Kier alpha value is -2.14. The van der Waals surface area contributed by atoms with Crippen LogP contribution in [0.3, 0.4) is 0 Å². The van der Waals surface area contributed by atoms with E-state index in [1.54, 1.807) is 12.3 Å². The Morgan fingerprint density at radius 1 is 1.05 bits per heavy atom. The third-order valence-electron chi connectivity index (χ3n) is 3.86. The number of aromatic nitrogens is 1.